The lowest BCUT2D eigenvalue weighted by atomic mass is 10.0. The van der Waals surface area contributed by atoms with Crippen molar-refractivity contribution >= 4 is 11.8 Å². The SMILES string of the molecule is Cc1ncc(-c2ccc(CC(=O)N3CCn4nc(-c5cccc(F)c5)c(C(N)=O)c4C3)cc2)o1. The zero-order valence-electron chi connectivity index (χ0n) is 18.5. The lowest BCUT2D eigenvalue weighted by molar-refractivity contribution is -0.132. The van der Waals surface area contributed by atoms with Gasteiger partial charge in [0, 0.05) is 24.6 Å². The van der Waals surface area contributed by atoms with Crippen molar-refractivity contribution in [1.82, 2.24) is 19.7 Å². The number of hydrogen-bond donors (Lipinski definition) is 1. The summed E-state index contributed by atoms with van der Waals surface area (Å²) in [6.07, 6.45) is 1.88. The Hall–Kier alpha value is -4.27. The average Bonchev–Trinajstić information content (AvgIpc) is 3.43. The summed E-state index contributed by atoms with van der Waals surface area (Å²) in [6, 6.07) is 13.4. The topological polar surface area (TPSA) is 107 Å². The molecule has 4 aromatic rings. The number of rotatable bonds is 5. The van der Waals surface area contributed by atoms with Gasteiger partial charge in [-0.3, -0.25) is 14.3 Å². The van der Waals surface area contributed by atoms with Gasteiger partial charge in [0.25, 0.3) is 5.91 Å². The zero-order valence-corrected chi connectivity index (χ0v) is 18.5. The maximum Gasteiger partial charge on any atom is 0.252 e. The molecule has 0 saturated carbocycles. The van der Waals surface area contributed by atoms with Gasteiger partial charge in [0.2, 0.25) is 5.91 Å². The molecule has 3 heterocycles. The van der Waals surface area contributed by atoms with Crippen molar-refractivity contribution in [3.05, 3.63) is 83.3 Å². The monoisotopic (exact) mass is 459 g/mol. The minimum absolute atomic E-state index is 0.0709. The van der Waals surface area contributed by atoms with E-state index in [1.165, 1.54) is 12.1 Å². The molecular weight excluding hydrogens is 437 g/mol. The van der Waals surface area contributed by atoms with Crippen molar-refractivity contribution in [2.24, 2.45) is 5.73 Å². The van der Waals surface area contributed by atoms with E-state index in [0.29, 0.717) is 41.7 Å². The molecule has 1 aliphatic rings. The van der Waals surface area contributed by atoms with Crippen LogP contribution in [0.1, 0.15) is 27.5 Å². The summed E-state index contributed by atoms with van der Waals surface area (Å²) in [5.41, 5.74) is 8.98. The van der Waals surface area contributed by atoms with Crippen LogP contribution in [0.25, 0.3) is 22.6 Å². The fourth-order valence-electron chi connectivity index (χ4n) is 4.20. The van der Waals surface area contributed by atoms with Gasteiger partial charge < -0.3 is 15.1 Å². The molecule has 0 aliphatic carbocycles. The van der Waals surface area contributed by atoms with Gasteiger partial charge >= 0.3 is 0 Å². The molecule has 2 amide bonds. The summed E-state index contributed by atoms with van der Waals surface area (Å²) >= 11 is 0. The normalized spacial score (nSPS) is 13.1. The first kappa shape index (κ1) is 21.6. The predicted molar refractivity (Wildman–Crippen MR) is 122 cm³/mol. The van der Waals surface area contributed by atoms with E-state index in [2.05, 4.69) is 10.1 Å². The third-order valence-corrected chi connectivity index (χ3v) is 5.89. The molecular formula is C25H22FN5O3. The summed E-state index contributed by atoms with van der Waals surface area (Å²) in [7, 11) is 0. The van der Waals surface area contributed by atoms with E-state index in [1.54, 1.807) is 34.8 Å². The Morgan fingerprint density at radius 1 is 1.12 bits per heavy atom. The molecule has 0 radical (unpaired) electrons. The van der Waals surface area contributed by atoms with Gasteiger partial charge in [-0.1, -0.05) is 36.4 Å². The van der Waals surface area contributed by atoms with E-state index in [1.807, 2.05) is 24.3 Å². The number of amides is 2. The zero-order chi connectivity index (χ0) is 23.8. The number of oxazole rings is 1. The van der Waals surface area contributed by atoms with E-state index in [4.69, 9.17) is 10.2 Å². The van der Waals surface area contributed by atoms with Crippen molar-refractivity contribution < 1.29 is 18.4 Å². The van der Waals surface area contributed by atoms with Crippen LogP contribution in [0.15, 0.2) is 59.1 Å². The summed E-state index contributed by atoms with van der Waals surface area (Å²) in [5.74, 6) is 0.105. The molecule has 2 N–H and O–H groups in total. The second-order valence-electron chi connectivity index (χ2n) is 8.20. The molecule has 0 bridgehead atoms. The Morgan fingerprint density at radius 3 is 2.59 bits per heavy atom. The van der Waals surface area contributed by atoms with E-state index in [9.17, 15) is 14.0 Å². The van der Waals surface area contributed by atoms with Crippen molar-refractivity contribution in [1.29, 1.82) is 0 Å². The van der Waals surface area contributed by atoms with E-state index in [-0.39, 0.29) is 24.4 Å². The Bertz CT molecular complexity index is 1390. The predicted octanol–water partition coefficient (Wildman–Crippen LogP) is 3.34. The van der Waals surface area contributed by atoms with Gasteiger partial charge in [-0.05, 0) is 17.7 Å². The van der Waals surface area contributed by atoms with Crippen LogP contribution in [0.5, 0.6) is 0 Å². The number of fused-ring (bicyclic) bond motifs is 1. The van der Waals surface area contributed by atoms with E-state index < -0.39 is 11.7 Å². The number of aromatic nitrogens is 3. The third-order valence-electron chi connectivity index (χ3n) is 5.89. The number of hydrogen-bond acceptors (Lipinski definition) is 5. The number of nitrogens with zero attached hydrogens (tertiary/aromatic N) is 4. The van der Waals surface area contributed by atoms with Crippen LogP contribution < -0.4 is 5.73 Å². The van der Waals surface area contributed by atoms with Gasteiger partial charge in [0.1, 0.15) is 11.5 Å². The number of nitrogens with two attached hydrogens (primary N) is 1. The molecule has 0 fully saturated rings. The molecule has 0 spiro atoms. The second-order valence-corrected chi connectivity index (χ2v) is 8.20. The first-order valence-electron chi connectivity index (χ1n) is 10.8. The molecule has 5 rings (SSSR count). The second kappa shape index (κ2) is 8.58. The number of halogens is 1. The number of carbonyl (C=O) groups is 2. The molecule has 2 aromatic carbocycles. The molecule has 0 atom stereocenters. The van der Waals surface area contributed by atoms with Crippen LogP contribution in [0, 0.1) is 12.7 Å². The smallest absolute Gasteiger partial charge is 0.252 e. The fraction of sp³-hybridized carbons (Fsp3) is 0.200. The van der Waals surface area contributed by atoms with Crippen LogP contribution >= 0.6 is 0 Å². The summed E-state index contributed by atoms with van der Waals surface area (Å²) < 4.78 is 21.0. The van der Waals surface area contributed by atoms with Crippen LogP contribution in [0.2, 0.25) is 0 Å². The minimum Gasteiger partial charge on any atom is -0.441 e. The quantitative estimate of drug-likeness (QED) is 0.493. The maximum atomic E-state index is 13.8. The highest BCUT2D eigenvalue weighted by atomic mass is 19.1. The molecule has 1 aliphatic heterocycles. The Kier molecular flexibility index (Phi) is 5.45. The lowest BCUT2D eigenvalue weighted by Crippen LogP contribution is -2.40. The number of carbonyl (C=O) groups excluding carboxylic acids is 2. The standard InChI is InChI=1S/C25H22FN5O3/c1-15-28-13-21(34-15)17-7-5-16(6-8-17)11-22(32)30-9-10-31-20(14-30)23(25(27)33)24(29-31)18-3-2-4-19(26)12-18/h2-8,12-13H,9-11,14H2,1H3,(H2,27,33). The molecule has 0 saturated heterocycles. The molecule has 8 nitrogen and oxygen atoms in total. The summed E-state index contributed by atoms with van der Waals surface area (Å²) in [6.45, 7) is 2.85. The van der Waals surface area contributed by atoms with Gasteiger partial charge in [-0.25, -0.2) is 9.37 Å². The van der Waals surface area contributed by atoms with Crippen LogP contribution in [-0.4, -0.2) is 38.0 Å². The largest absolute Gasteiger partial charge is 0.441 e. The van der Waals surface area contributed by atoms with E-state index in [0.717, 1.165) is 11.1 Å². The molecule has 2 aromatic heterocycles. The lowest BCUT2D eigenvalue weighted by Gasteiger charge is -2.28. The van der Waals surface area contributed by atoms with Crippen molar-refractivity contribution in [2.45, 2.75) is 26.4 Å². The van der Waals surface area contributed by atoms with Crippen LogP contribution in [0.3, 0.4) is 0 Å². The maximum absolute atomic E-state index is 13.8. The van der Waals surface area contributed by atoms with E-state index >= 15 is 0 Å². The summed E-state index contributed by atoms with van der Waals surface area (Å²) in [5, 5.41) is 4.50. The van der Waals surface area contributed by atoms with Crippen molar-refractivity contribution in [3.8, 4) is 22.6 Å². The highest BCUT2D eigenvalue weighted by molar-refractivity contribution is 6.00. The average molecular weight is 459 g/mol. The Morgan fingerprint density at radius 2 is 1.91 bits per heavy atom. The molecule has 0 unspecified atom stereocenters. The first-order chi connectivity index (χ1) is 16.4. The van der Waals surface area contributed by atoms with Crippen LogP contribution in [0.4, 0.5) is 4.39 Å². The molecule has 9 heteroatoms. The minimum atomic E-state index is -0.659. The van der Waals surface area contributed by atoms with Gasteiger partial charge in [0.05, 0.1) is 37.0 Å². The van der Waals surface area contributed by atoms with Crippen molar-refractivity contribution in [3.63, 3.8) is 0 Å². The van der Waals surface area contributed by atoms with Gasteiger partial charge in [-0.15, -0.1) is 0 Å². The highest BCUT2D eigenvalue weighted by Gasteiger charge is 2.29. The van der Waals surface area contributed by atoms with Gasteiger partial charge in [-0.2, -0.15) is 5.10 Å². The summed E-state index contributed by atoms with van der Waals surface area (Å²) in [4.78, 5) is 31.1. The first-order valence-corrected chi connectivity index (χ1v) is 10.8. The Labute approximate surface area is 194 Å². The highest BCUT2D eigenvalue weighted by Crippen LogP contribution is 2.29. The molecule has 34 heavy (non-hydrogen) atoms. The third kappa shape index (κ3) is 4.07. The molecule has 172 valence electrons. The van der Waals surface area contributed by atoms with Crippen LogP contribution in [-0.2, 0) is 24.3 Å². The van der Waals surface area contributed by atoms with Gasteiger partial charge in [0.15, 0.2) is 11.7 Å². The van der Waals surface area contributed by atoms with Crippen molar-refractivity contribution in [2.75, 3.05) is 6.54 Å². The Balaban J connectivity index is 1.35. The number of benzene rings is 2. The number of aryl methyl sites for hydroxylation is 1. The fourth-order valence-corrected chi connectivity index (χ4v) is 4.20. The number of primary amides is 1.